The minimum atomic E-state index is -0.647. The molecule has 0 aliphatic heterocycles. The fourth-order valence-electron chi connectivity index (χ4n) is 1.95. The summed E-state index contributed by atoms with van der Waals surface area (Å²) in [4.78, 5) is 23.7. The van der Waals surface area contributed by atoms with Gasteiger partial charge in [-0.15, -0.1) is 12.4 Å². The molecule has 0 aliphatic carbocycles. The van der Waals surface area contributed by atoms with Crippen molar-refractivity contribution in [1.82, 2.24) is 15.3 Å². The van der Waals surface area contributed by atoms with Gasteiger partial charge in [0.15, 0.2) is 28.4 Å². The lowest BCUT2D eigenvalue weighted by Crippen LogP contribution is -2.38. The molecule has 10 heteroatoms. The molecule has 0 spiro atoms. The van der Waals surface area contributed by atoms with Crippen molar-refractivity contribution in [2.24, 2.45) is 10.7 Å². The summed E-state index contributed by atoms with van der Waals surface area (Å²) in [6, 6.07) is 10.0. The fraction of sp³-hybridized carbons (Fsp3) is 0.200. The molecule has 0 unspecified atom stereocenters. The van der Waals surface area contributed by atoms with Crippen LogP contribution in [0.15, 0.2) is 35.3 Å². The number of carbonyl (C=O) groups is 1. The number of anilines is 2. The van der Waals surface area contributed by atoms with Crippen molar-refractivity contribution >= 4 is 47.5 Å². The lowest BCUT2D eigenvalue weighted by atomic mass is 10.1. The van der Waals surface area contributed by atoms with Crippen molar-refractivity contribution < 1.29 is 4.79 Å². The molecule has 0 saturated carbocycles. The number of guanidine groups is 1. The largest absolute Gasteiger partial charge is 0.382 e. The first-order chi connectivity index (χ1) is 11.5. The smallest absolute Gasteiger partial charge is 0.280 e. The molecule has 1 aromatic heterocycles. The molecule has 0 fully saturated rings. The molecule has 0 atom stereocenters. The number of nitrogens with zero attached hydrogens (tertiary/aromatic N) is 3. The van der Waals surface area contributed by atoms with Crippen molar-refractivity contribution in [3.63, 3.8) is 0 Å². The molecule has 1 amide bonds. The first kappa shape index (κ1) is 20.5. The topological polar surface area (TPSA) is 145 Å². The second-order valence-electron chi connectivity index (χ2n) is 4.94. The van der Waals surface area contributed by atoms with Crippen molar-refractivity contribution in [2.75, 3.05) is 18.0 Å². The summed E-state index contributed by atoms with van der Waals surface area (Å²) < 4.78 is 0. The molecular formula is C15H19Cl2N7O. The maximum absolute atomic E-state index is 12.0. The molecule has 0 aliphatic rings. The van der Waals surface area contributed by atoms with Crippen LogP contribution in [0.3, 0.4) is 0 Å². The van der Waals surface area contributed by atoms with E-state index in [4.69, 9.17) is 28.8 Å². The molecular weight excluding hydrogens is 365 g/mol. The van der Waals surface area contributed by atoms with Gasteiger partial charge in [0.05, 0.1) is 0 Å². The molecule has 134 valence electrons. The molecule has 7 N–H and O–H groups in total. The van der Waals surface area contributed by atoms with E-state index in [1.165, 1.54) is 5.56 Å². The van der Waals surface area contributed by atoms with E-state index in [0.29, 0.717) is 6.54 Å². The third-order valence-electron chi connectivity index (χ3n) is 3.11. The van der Waals surface area contributed by atoms with Crippen molar-refractivity contribution in [3.05, 3.63) is 46.7 Å². The summed E-state index contributed by atoms with van der Waals surface area (Å²) in [5.74, 6) is -0.854. The SMILES string of the molecule is Cl.NC(=NCCCc1ccccc1)NC(=O)c1nc(Cl)c(N)nc1N. The predicted molar refractivity (Wildman–Crippen MR) is 102 cm³/mol. The number of aromatic nitrogens is 2. The Morgan fingerprint density at radius 3 is 2.52 bits per heavy atom. The standard InChI is InChI=1S/C15H18ClN7O.ClH/c16-11-13(18)22-12(17)10(21-11)14(24)23-15(19)20-8-4-7-9-5-2-1-3-6-9;/h1-3,5-6H,4,7-8H2,(H4,17,18,22)(H3,19,20,23,24);1H. The molecule has 2 rings (SSSR count). The van der Waals surface area contributed by atoms with Crippen molar-refractivity contribution in [3.8, 4) is 0 Å². The zero-order valence-corrected chi connectivity index (χ0v) is 14.8. The van der Waals surface area contributed by atoms with Crippen LogP contribution < -0.4 is 22.5 Å². The number of nitrogen functional groups attached to an aromatic ring is 2. The Kier molecular flexibility index (Phi) is 7.90. The van der Waals surface area contributed by atoms with E-state index in [1.807, 2.05) is 30.3 Å². The molecule has 25 heavy (non-hydrogen) atoms. The Morgan fingerprint density at radius 2 is 1.84 bits per heavy atom. The van der Waals surface area contributed by atoms with Crippen LogP contribution in [0.4, 0.5) is 11.6 Å². The van der Waals surface area contributed by atoms with Gasteiger partial charge < -0.3 is 17.2 Å². The van der Waals surface area contributed by atoms with Crippen molar-refractivity contribution in [1.29, 1.82) is 0 Å². The van der Waals surface area contributed by atoms with Gasteiger partial charge in [-0.05, 0) is 18.4 Å². The van der Waals surface area contributed by atoms with Crippen LogP contribution in [-0.2, 0) is 6.42 Å². The summed E-state index contributed by atoms with van der Waals surface area (Å²) in [7, 11) is 0. The lowest BCUT2D eigenvalue weighted by Gasteiger charge is -2.07. The molecule has 1 aromatic carbocycles. The molecule has 0 saturated heterocycles. The van der Waals surface area contributed by atoms with Crippen LogP contribution in [0.2, 0.25) is 5.15 Å². The Balaban J connectivity index is 0.00000312. The van der Waals surface area contributed by atoms with Crippen LogP contribution in [0.1, 0.15) is 22.5 Å². The van der Waals surface area contributed by atoms with Gasteiger partial charge in [0.1, 0.15) is 0 Å². The van der Waals surface area contributed by atoms with E-state index < -0.39 is 5.91 Å². The van der Waals surface area contributed by atoms with Gasteiger partial charge in [0.25, 0.3) is 5.91 Å². The number of hydrogen-bond donors (Lipinski definition) is 4. The number of aliphatic imine (C=N–C) groups is 1. The van der Waals surface area contributed by atoms with Crippen LogP contribution in [0.25, 0.3) is 0 Å². The number of amides is 1. The highest BCUT2D eigenvalue weighted by Gasteiger charge is 2.16. The third kappa shape index (κ3) is 6.09. The minimum Gasteiger partial charge on any atom is -0.382 e. The number of aryl methyl sites for hydroxylation is 1. The Hall–Kier alpha value is -2.58. The zero-order valence-electron chi connectivity index (χ0n) is 13.3. The van der Waals surface area contributed by atoms with Gasteiger partial charge in [-0.1, -0.05) is 41.9 Å². The summed E-state index contributed by atoms with van der Waals surface area (Å²) >= 11 is 5.73. The lowest BCUT2D eigenvalue weighted by molar-refractivity contribution is 0.0972. The third-order valence-corrected chi connectivity index (χ3v) is 3.39. The van der Waals surface area contributed by atoms with E-state index in [0.717, 1.165) is 12.8 Å². The van der Waals surface area contributed by atoms with Gasteiger partial charge in [0.2, 0.25) is 0 Å². The highest BCUT2D eigenvalue weighted by Crippen LogP contribution is 2.17. The maximum Gasteiger partial charge on any atom is 0.280 e. The Bertz CT molecular complexity index is 753. The first-order valence-corrected chi connectivity index (χ1v) is 7.59. The second-order valence-corrected chi connectivity index (χ2v) is 5.30. The Morgan fingerprint density at radius 1 is 1.16 bits per heavy atom. The molecule has 8 nitrogen and oxygen atoms in total. The Labute approximate surface area is 156 Å². The van der Waals surface area contributed by atoms with E-state index in [1.54, 1.807) is 0 Å². The number of nitrogens with one attached hydrogen (secondary N) is 1. The van der Waals surface area contributed by atoms with Crippen LogP contribution in [0, 0.1) is 0 Å². The highest BCUT2D eigenvalue weighted by molar-refractivity contribution is 6.31. The number of benzene rings is 1. The fourth-order valence-corrected chi connectivity index (χ4v) is 2.08. The highest BCUT2D eigenvalue weighted by atomic mass is 35.5. The number of nitrogens with two attached hydrogens (primary N) is 3. The molecule has 2 aromatic rings. The first-order valence-electron chi connectivity index (χ1n) is 7.21. The maximum atomic E-state index is 12.0. The van der Waals surface area contributed by atoms with Crippen LogP contribution in [-0.4, -0.2) is 28.4 Å². The monoisotopic (exact) mass is 383 g/mol. The number of rotatable bonds is 5. The summed E-state index contributed by atoms with van der Waals surface area (Å²) in [6.07, 6.45) is 1.67. The molecule has 0 radical (unpaired) electrons. The number of hydrogen-bond acceptors (Lipinski definition) is 6. The average Bonchev–Trinajstić information content (AvgIpc) is 2.56. The second kappa shape index (κ2) is 9.65. The summed E-state index contributed by atoms with van der Waals surface area (Å²) in [5.41, 5.74) is 17.8. The van der Waals surface area contributed by atoms with Crippen LogP contribution in [0.5, 0.6) is 0 Å². The van der Waals surface area contributed by atoms with E-state index in [2.05, 4.69) is 20.3 Å². The van der Waals surface area contributed by atoms with Gasteiger partial charge >= 0.3 is 0 Å². The summed E-state index contributed by atoms with van der Waals surface area (Å²) in [6.45, 7) is 0.477. The molecule has 0 bridgehead atoms. The van der Waals surface area contributed by atoms with E-state index >= 15 is 0 Å². The zero-order chi connectivity index (χ0) is 17.5. The minimum absolute atomic E-state index is 0. The average molecular weight is 384 g/mol. The van der Waals surface area contributed by atoms with Gasteiger partial charge in [-0.25, -0.2) is 9.97 Å². The predicted octanol–water partition coefficient (Wildman–Crippen LogP) is 1.39. The van der Waals surface area contributed by atoms with Gasteiger partial charge in [-0.3, -0.25) is 15.1 Å². The van der Waals surface area contributed by atoms with Crippen LogP contribution >= 0.6 is 24.0 Å². The quantitative estimate of drug-likeness (QED) is 0.348. The van der Waals surface area contributed by atoms with Crippen molar-refractivity contribution in [2.45, 2.75) is 12.8 Å². The summed E-state index contributed by atoms with van der Waals surface area (Å²) in [5, 5.41) is 2.29. The van der Waals surface area contributed by atoms with E-state index in [9.17, 15) is 4.79 Å². The number of carbonyl (C=O) groups excluding carboxylic acids is 1. The molecule has 1 heterocycles. The van der Waals surface area contributed by atoms with Gasteiger partial charge in [-0.2, -0.15) is 0 Å². The van der Waals surface area contributed by atoms with Gasteiger partial charge in [0, 0.05) is 6.54 Å². The van der Waals surface area contributed by atoms with E-state index in [-0.39, 0.29) is 40.8 Å². The normalized spacial score (nSPS) is 10.8. The number of halogens is 2.